The van der Waals surface area contributed by atoms with E-state index in [0.29, 0.717) is 5.75 Å². The zero-order chi connectivity index (χ0) is 19.2. The molecule has 138 valence electrons. The molecule has 0 unspecified atom stereocenters. The first-order chi connectivity index (χ1) is 13.1. The highest BCUT2D eigenvalue weighted by Crippen LogP contribution is 2.34. The summed E-state index contributed by atoms with van der Waals surface area (Å²) in [6, 6.07) is 14.8. The van der Waals surface area contributed by atoms with Crippen LogP contribution in [-0.4, -0.2) is 35.3 Å². The summed E-state index contributed by atoms with van der Waals surface area (Å²) in [5.74, 6) is -0.147. The van der Waals surface area contributed by atoms with Crippen LogP contribution in [0.3, 0.4) is 0 Å². The Morgan fingerprint density at radius 1 is 0.852 bits per heavy atom. The Hall–Kier alpha value is -3.81. The lowest BCUT2D eigenvalue weighted by Crippen LogP contribution is -2.05. The zero-order valence-corrected chi connectivity index (χ0v) is 14.6. The van der Waals surface area contributed by atoms with Crippen LogP contribution in [0.25, 0.3) is 0 Å². The van der Waals surface area contributed by atoms with Crippen LogP contribution in [0.2, 0.25) is 0 Å². The van der Waals surface area contributed by atoms with Crippen LogP contribution in [0.5, 0.6) is 35.0 Å². The molecule has 27 heavy (non-hydrogen) atoms. The number of aromatic carboxylic acids is 1. The Balaban J connectivity index is 1.98. The summed E-state index contributed by atoms with van der Waals surface area (Å²) < 4.78 is 21.4. The van der Waals surface area contributed by atoms with E-state index in [1.54, 1.807) is 30.3 Å². The van der Waals surface area contributed by atoms with E-state index in [1.165, 1.54) is 32.4 Å². The molecule has 1 N–H and O–H groups in total. The highest BCUT2D eigenvalue weighted by Gasteiger charge is 2.20. The summed E-state index contributed by atoms with van der Waals surface area (Å²) in [5, 5.41) is 9.65. The number of ether oxygens (including phenoxy) is 4. The molecular formula is C19H16N2O6. The third kappa shape index (κ3) is 4.24. The molecule has 0 aliphatic rings. The molecule has 0 saturated heterocycles. The summed E-state index contributed by atoms with van der Waals surface area (Å²) >= 11 is 0. The van der Waals surface area contributed by atoms with Gasteiger partial charge in [-0.2, -0.15) is 9.97 Å². The number of carbonyl (C=O) groups is 1. The highest BCUT2D eigenvalue weighted by atomic mass is 16.5. The first-order valence-corrected chi connectivity index (χ1v) is 7.85. The maximum Gasteiger partial charge on any atom is 0.343 e. The Morgan fingerprint density at radius 2 is 1.44 bits per heavy atom. The second-order valence-corrected chi connectivity index (χ2v) is 5.19. The van der Waals surface area contributed by atoms with E-state index in [-0.39, 0.29) is 34.8 Å². The Bertz CT molecular complexity index is 924. The predicted octanol–water partition coefficient (Wildman–Crippen LogP) is 3.78. The van der Waals surface area contributed by atoms with Crippen LogP contribution in [0.4, 0.5) is 0 Å². The number of para-hydroxylation sites is 1. The second-order valence-electron chi connectivity index (χ2n) is 5.19. The average Bonchev–Trinajstić information content (AvgIpc) is 2.68. The largest absolute Gasteiger partial charge is 0.481 e. The van der Waals surface area contributed by atoms with Gasteiger partial charge in [-0.25, -0.2) is 4.79 Å². The third-order valence-corrected chi connectivity index (χ3v) is 3.45. The van der Waals surface area contributed by atoms with Gasteiger partial charge < -0.3 is 24.1 Å². The van der Waals surface area contributed by atoms with Crippen molar-refractivity contribution in [1.29, 1.82) is 0 Å². The van der Waals surface area contributed by atoms with Gasteiger partial charge in [-0.3, -0.25) is 0 Å². The van der Waals surface area contributed by atoms with Gasteiger partial charge >= 0.3 is 12.0 Å². The van der Waals surface area contributed by atoms with Crippen molar-refractivity contribution < 1.29 is 28.8 Å². The molecule has 0 aliphatic heterocycles. The van der Waals surface area contributed by atoms with Crippen molar-refractivity contribution in [3.8, 4) is 35.0 Å². The maximum atomic E-state index is 11.8. The van der Waals surface area contributed by atoms with Crippen molar-refractivity contribution >= 4 is 5.97 Å². The first kappa shape index (κ1) is 18.0. The van der Waals surface area contributed by atoms with Crippen molar-refractivity contribution in [2.75, 3.05) is 14.2 Å². The maximum absolute atomic E-state index is 11.8. The number of rotatable bonds is 7. The van der Waals surface area contributed by atoms with Crippen LogP contribution in [0.15, 0.2) is 54.6 Å². The molecule has 2 aromatic carbocycles. The van der Waals surface area contributed by atoms with Crippen molar-refractivity contribution in [1.82, 2.24) is 9.97 Å². The van der Waals surface area contributed by atoms with Crippen LogP contribution in [0.1, 0.15) is 10.4 Å². The smallest absolute Gasteiger partial charge is 0.343 e. The highest BCUT2D eigenvalue weighted by molar-refractivity contribution is 5.94. The monoisotopic (exact) mass is 368 g/mol. The predicted molar refractivity (Wildman–Crippen MR) is 95.1 cm³/mol. The fraction of sp³-hybridized carbons (Fsp3) is 0.105. The van der Waals surface area contributed by atoms with Gasteiger partial charge in [0.2, 0.25) is 11.8 Å². The molecule has 0 radical (unpaired) electrons. The van der Waals surface area contributed by atoms with Gasteiger partial charge in [-0.05, 0) is 24.3 Å². The van der Waals surface area contributed by atoms with Gasteiger partial charge in [0.1, 0.15) is 22.8 Å². The average molecular weight is 368 g/mol. The van der Waals surface area contributed by atoms with E-state index in [0.717, 1.165) is 0 Å². The van der Waals surface area contributed by atoms with Crippen LogP contribution < -0.4 is 18.9 Å². The summed E-state index contributed by atoms with van der Waals surface area (Å²) in [4.78, 5) is 19.9. The lowest BCUT2D eigenvalue weighted by Gasteiger charge is -2.13. The van der Waals surface area contributed by atoms with E-state index >= 15 is 0 Å². The number of carboxylic acid groups (broad SMARTS) is 1. The molecule has 0 aliphatic carbocycles. The number of hydrogen-bond acceptors (Lipinski definition) is 7. The normalized spacial score (nSPS) is 10.1. The molecule has 3 rings (SSSR count). The second kappa shape index (κ2) is 8.05. The lowest BCUT2D eigenvalue weighted by molar-refractivity contribution is 0.0691. The van der Waals surface area contributed by atoms with Crippen LogP contribution >= 0.6 is 0 Å². The van der Waals surface area contributed by atoms with Gasteiger partial charge in [0.25, 0.3) is 0 Å². The molecule has 0 atom stereocenters. The fourth-order valence-electron chi connectivity index (χ4n) is 2.24. The van der Waals surface area contributed by atoms with Gasteiger partial charge in [-0.15, -0.1) is 0 Å². The van der Waals surface area contributed by atoms with E-state index in [4.69, 9.17) is 18.9 Å². The van der Waals surface area contributed by atoms with E-state index in [9.17, 15) is 9.90 Å². The molecule has 0 bridgehead atoms. The van der Waals surface area contributed by atoms with Gasteiger partial charge in [0.15, 0.2) is 0 Å². The topological polar surface area (TPSA) is 100 Å². The number of carboxylic acids is 1. The molecule has 0 fully saturated rings. The summed E-state index contributed by atoms with van der Waals surface area (Å²) in [6.45, 7) is 0. The molecule has 8 nitrogen and oxygen atoms in total. The van der Waals surface area contributed by atoms with Gasteiger partial charge in [-0.1, -0.05) is 24.3 Å². The molecule has 3 aromatic rings. The minimum atomic E-state index is -1.22. The fourth-order valence-corrected chi connectivity index (χ4v) is 2.24. The van der Waals surface area contributed by atoms with Gasteiger partial charge in [0.05, 0.1) is 20.3 Å². The number of benzene rings is 2. The number of methoxy groups -OCH3 is 2. The summed E-state index contributed by atoms with van der Waals surface area (Å²) in [7, 11) is 2.87. The minimum Gasteiger partial charge on any atom is -0.481 e. The SMILES string of the molecule is COc1cc(OC)nc(Oc2cccc(Oc3ccccc3)c2C(=O)O)n1. The Morgan fingerprint density at radius 3 is 2.00 bits per heavy atom. The van der Waals surface area contributed by atoms with Crippen molar-refractivity contribution in [3.05, 3.63) is 60.2 Å². The van der Waals surface area contributed by atoms with Crippen molar-refractivity contribution in [2.45, 2.75) is 0 Å². The Labute approximate surface area is 154 Å². The molecular weight excluding hydrogens is 352 g/mol. The molecule has 1 aromatic heterocycles. The molecule has 8 heteroatoms. The van der Waals surface area contributed by atoms with Crippen molar-refractivity contribution in [3.63, 3.8) is 0 Å². The first-order valence-electron chi connectivity index (χ1n) is 7.85. The van der Waals surface area contributed by atoms with E-state index in [1.807, 2.05) is 6.07 Å². The third-order valence-electron chi connectivity index (χ3n) is 3.45. The number of hydrogen-bond donors (Lipinski definition) is 1. The van der Waals surface area contributed by atoms with E-state index < -0.39 is 5.97 Å². The number of aromatic nitrogens is 2. The standard InChI is InChI=1S/C19H16N2O6/c1-24-15-11-16(25-2)21-19(20-15)27-14-10-6-9-13(17(14)18(22)23)26-12-7-4-3-5-8-12/h3-11H,1-2H3,(H,22,23). The summed E-state index contributed by atoms with van der Waals surface area (Å²) in [6.07, 6.45) is 0. The van der Waals surface area contributed by atoms with Crippen molar-refractivity contribution in [2.24, 2.45) is 0 Å². The Kier molecular flexibility index (Phi) is 5.36. The quantitative estimate of drug-likeness (QED) is 0.672. The summed E-state index contributed by atoms with van der Waals surface area (Å²) in [5.41, 5.74) is -0.160. The van der Waals surface area contributed by atoms with Gasteiger partial charge in [0, 0.05) is 0 Å². The van der Waals surface area contributed by atoms with E-state index in [2.05, 4.69) is 9.97 Å². The molecule has 0 saturated carbocycles. The molecule has 1 heterocycles. The molecule has 0 spiro atoms. The van der Waals surface area contributed by atoms with Crippen LogP contribution in [-0.2, 0) is 0 Å². The molecule has 0 amide bonds. The lowest BCUT2D eigenvalue weighted by atomic mass is 10.2. The van der Waals surface area contributed by atoms with Crippen LogP contribution in [0, 0.1) is 0 Å². The number of nitrogens with zero attached hydrogens (tertiary/aromatic N) is 2. The zero-order valence-electron chi connectivity index (χ0n) is 14.6. The minimum absolute atomic E-state index is 0.0197.